The van der Waals surface area contributed by atoms with E-state index < -0.39 is 17.4 Å². The number of ether oxygens (including phenoxy) is 2. The monoisotopic (exact) mass is 513 g/mol. The summed E-state index contributed by atoms with van der Waals surface area (Å²) in [4.78, 5) is 26.4. The van der Waals surface area contributed by atoms with Gasteiger partial charge in [0.2, 0.25) is 0 Å². The number of hydrogen-bond donors (Lipinski definition) is 2. The summed E-state index contributed by atoms with van der Waals surface area (Å²) in [5.74, 6) is -0.783. The standard InChI is InChI=1S/C30H59NO5/c1-4-7-9-11-15-19-26-35-28(33)30(6-3,22-17-13-14-18-23-31-24-21-25-32)29(34)36-27-20-16-12-10-8-5-2/h31-32H,4-27H2,1-3H3. The molecule has 0 unspecified atom stereocenters. The average molecular weight is 514 g/mol. The van der Waals surface area contributed by atoms with Gasteiger partial charge in [0.05, 0.1) is 13.2 Å². The third-order valence-electron chi connectivity index (χ3n) is 7.07. The Hall–Kier alpha value is -1.14. The number of rotatable bonds is 27. The van der Waals surface area contributed by atoms with Gasteiger partial charge in [-0.15, -0.1) is 0 Å². The predicted octanol–water partition coefficient (Wildman–Crippen LogP) is 7.11. The van der Waals surface area contributed by atoms with Crippen LogP contribution in [0.4, 0.5) is 0 Å². The molecule has 214 valence electrons. The summed E-state index contributed by atoms with van der Waals surface area (Å²) in [7, 11) is 0. The lowest BCUT2D eigenvalue weighted by Gasteiger charge is -2.28. The van der Waals surface area contributed by atoms with Crippen molar-refractivity contribution in [2.45, 2.75) is 143 Å². The molecule has 0 heterocycles. The van der Waals surface area contributed by atoms with Gasteiger partial charge in [0.15, 0.2) is 5.41 Å². The summed E-state index contributed by atoms with van der Waals surface area (Å²) in [5.41, 5.74) is -1.18. The lowest BCUT2D eigenvalue weighted by Crippen LogP contribution is -2.42. The molecule has 6 nitrogen and oxygen atoms in total. The second kappa shape index (κ2) is 25.5. The Morgan fingerprint density at radius 1 is 0.611 bits per heavy atom. The second-order valence-electron chi connectivity index (χ2n) is 10.2. The molecule has 0 aromatic heterocycles. The molecule has 0 spiro atoms. The fraction of sp³-hybridized carbons (Fsp3) is 0.933. The number of hydrogen-bond acceptors (Lipinski definition) is 6. The van der Waals surface area contributed by atoms with E-state index in [0.717, 1.165) is 70.9 Å². The van der Waals surface area contributed by atoms with Gasteiger partial charge in [0.1, 0.15) is 0 Å². The molecule has 0 fully saturated rings. The predicted molar refractivity (Wildman–Crippen MR) is 149 cm³/mol. The van der Waals surface area contributed by atoms with Crippen molar-refractivity contribution in [2.24, 2.45) is 5.41 Å². The highest BCUT2D eigenvalue weighted by Crippen LogP contribution is 2.33. The number of esters is 2. The lowest BCUT2D eigenvalue weighted by atomic mass is 9.80. The van der Waals surface area contributed by atoms with Gasteiger partial charge in [-0.1, -0.05) is 104 Å². The van der Waals surface area contributed by atoms with Crippen LogP contribution in [0.3, 0.4) is 0 Å². The van der Waals surface area contributed by atoms with E-state index in [1.165, 1.54) is 51.4 Å². The van der Waals surface area contributed by atoms with Gasteiger partial charge in [-0.25, -0.2) is 0 Å². The Kier molecular flexibility index (Phi) is 24.7. The molecular formula is C30H59NO5. The van der Waals surface area contributed by atoms with Crippen molar-refractivity contribution in [3.05, 3.63) is 0 Å². The van der Waals surface area contributed by atoms with E-state index in [9.17, 15) is 9.59 Å². The normalized spacial score (nSPS) is 11.6. The van der Waals surface area contributed by atoms with E-state index in [2.05, 4.69) is 19.2 Å². The van der Waals surface area contributed by atoms with Crippen LogP contribution in [0.15, 0.2) is 0 Å². The minimum atomic E-state index is -1.18. The van der Waals surface area contributed by atoms with Gasteiger partial charge >= 0.3 is 11.9 Å². The highest BCUT2D eigenvalue weighted by atomic mass is 16.6. The van der Waals surface area contributed by atoms with Crippen LogP contribution in [0.25, 0.3) is 0 Å². The molecule has 0 rings (SSSR count). The van der Waals surface area contributed by atoms with E-state index in [1.807, 2.05) is 6.92 Å². The van der Waals surface area contributed by atoms with Crippen molar-refractivity contribution in [1.29, 1.82) is 0 Å². The maximum absolute atomic E-state index is 13.2. The zero-order chi connectivity index (χ0) is 26.7. The van der Waals surface area contributed by atoms with Gasteiger partial charge < -0.3 is 19.9 Å². The first-order valence-electron chi connectivity index (χ1n) is 15.2. The van der Waals surface area contributed by atoms with Crippen molar-refractivity contribution in [3.63, 3.8) is 0 Å². The van der Waals surface area contributed by atoms with Crippen molar-refractivity contribution < 1.29 is 24.2 Å². The van der Waals surface area contributed by atoms with Crippen LogP contribution >= 0.6 is 0 Å². The minimum absolute atomic E-state index is 0.218. The molecule has 0 amide bonds. The molecule has 0 saturated carbocycles. The van der Waals surface area contributed by atoms with Crippen LogP contribution in [-0.4, -0.2) is 50.0 Å². The lowest BCUT2D eigenvalue weighted by molar-refractivity contribution is -0.174. The highest BCUT2D eigenvalue weighted by molar-refractivity contribution is 6.00. The molecule has 0 aliphatic rings. The molecule has 6 heteroatoms. The Bertz CT molecular complexity index is 482. The van der Waals surface area contributed by atoms with Crippen molar-refractivity contribution in [1.82, 2.24) is 5.32 Å². The Balaban J connectivity index is 4.66. The molecule has 2 N–H and O–H groups in total. The summed E-state index contributed by atoms with van der Waals surface area (Å²) >= 11 is 0. The van der Waals surface area contributed by atoms with Gasteiger partial charge in [-0.3, -0.25) is 9.59 Å². The van der Waals surface area contributed by atoms with E-state index >= 15 is 0 Å². The number of unbranched alkanes of at least 4 members (excludes halogenated alkanes) is 13. The maximum Gasteiger partial charge on any atom is 0.323 e. The third-order valence-corrected chi connectivity index (χ3v) is 7.07. The number of aliphatic hydroxyl groups excluding tert-OH is 1. The molecule has 0 bridgehead atoms. The molecule has 0 aromatic carbocycles. The molecule has 0 radical (unpaired) electrons. The van der Waals surface area contributed by atoms with Crippen LogP contribution in [0.1, 0.15) is 143 Å². The summed E-state index contributed by atoms with van der Waals surface area (Å²) in [6.07, 6.45) is 19.1. The highest BCUT2D eigenvalue weighted by Gasteiger charge is 2.46. The molecule has 0 aromatic rings. The molecule has 0 aliphatic heterocycles. The van der Waals surface area contributed by atoms with E-state index in [0.29, 0.717) is 26.1 Å². The average Bonchev–Trinajstić information content (AvgIpc) is 2.88. The zero-order valence-corrected chi connectivity index (χ0v) is 24.1. The first-order valence-corrected chi connectivity index (χ1v) is 15.2. The Labute approximate surface area is 222 Å². The first-order chi connectivity index (χ1) is 17.6. The number of carbonyl (C=O) groups is 2. The van der Waals surface area contributed by atoms with E-state index in [4.69, 9.17) is 14.6 Å². The number of carbonyl (C=O) groups excluding carboxylic acids is 2. The third kappa shape index (κ3) is 17.3. The van der Waals surface area contributed by atoms with Crippen LogP contribution < -0.4 is 5.32 Å². The van der Waals surface area contributed by atoms with Crippen molar-refractivity contribution in [2.75, 3.05) is 32.9 Å². The maximum atomic E-state index is 13.2. The van der Waals surface area contributed by atoms with E-state index in [-0.39, 0.29) is 6.61 Å². The summed E-state index contributed by atoms with van der Waals surface area (Å²) in [5, 5.41) is 12.2. The molecule has 0 saturated heterocycles. The van der Waals surface area contributed by atoms with E-state index in [1.54, 1.807) is 0 Å². The van der Waals surface area contributed by atoms with Crippen LogP contribution in [0.5, 0.6) is 0 Å². The largest absolute Gasteiger partial charge is 0.465 e. The summed E-state index contributed by atoms with van der Waals surface area (Å²) in [6, 6.07) is 0. The molecular weight excluding hydrogens is 454 g/mol. The van der Waals surface area contributed by atoms with Crippen molar-refractivity contribution in [3.8, 4) is 0 Å². The Morgan fingerprint density at radius 2 is 1.06 bits per heavy atom. The Morgan fingerprint density at radius 3 is 1.56 bits per heavy atom. The number of nitrogens with one attached hydrogen (secondary N) is 1. The van der Waals surface area contributed by atoms with Crippen LogP contribution in [0.2, 0.25) is 0 Å². The molecule has 0 aliphatic carbocycles. The quantitative estimate of drug-likeness (QED) is 0.0691. The van der Waals surface area contributed by atoms with Gasteiger partial charge in [-0.05, 0) is 51.6 Å². The smallest absolute Gasteiger partial charge is 0.323 e. The molecule has 36 heavy (non-hydrogen) atoms. The fourth-order valence-corrected chi connectivity index (χ4v) is 4.48. The zero-order valence-electron chi connectivity index (χ0n) is 24.1. The van der Waals surface area contributed by atoms with Crippen LogP contribution in [-0.2, 0) is 19.1 Å². The second-order valence-corrected chi connectivity index (χ2v) is 10.2. The van der Waals surface area contributed by atoms with Gasteiger partial charge in [-0.2, -0.15) is 0 Å². The first kappa shape index (κ1) is 34.9. The SMILES string of the molecule is CCCCCCCCOC(=O)C(CC)(CCCCCCNCCCO)C(=O)OCCCCCCCC. The number of aliphatic hydroxyl groups is 1. The fourth-order valence-electron chi connectivity index (χ4n) is 4.48. The van der Waals surface area contributed by atoms with Gasteiger partial charge in [0, 0.05) is 6.61 Å². The summed E-state index contributed by atoms with van der Waals surface area (Å²) < 4.78 is 11.3. The summed E-state index contributed by atoms with van der Waals surface area (Å²) in [6.45, 7) is 9.07. The topological polar surface area (TPSA) is 84.9 Å². The van der Waals surface area contributed by atoms with Crippen molar-refractivity contribution >= 4 is 11.9 Å². The molecule has 0 atom stereocenters. The van der Waals surface area contributed by atoms with Crippen LogP contribution in [0, 0.1) is 5.41 Å². The minimum Gasteiger partial charge on any atom is -0.465 e. The van der Waals surface area contributed by atoms with Gasteiger partial charge in [0.25, 0.3) is 0 Å².